The van der Waals surface area contributed by atoms with Crippen molar-refractivity contribution in [2.75, 3.05) is 0 Å². The first-order chi connectivity index (χ1) is 6.66. The second-order valence-electron chi connectivity index (χ2n) is 2.41. The number of alkyl halides is 2. The third kappa shape index (κ3) is 1.67. The minimum absolute atomic E-state index is 0.0452. The Kier molecular flexibility index (Phi) is 2.32. The third-order valence-electron chi connectivity index (χ3n) is 1.52. The molecule has 2 rings (SSSR count). The molecule has 0 fully saturated rings. The summed E-state index contributed by atoms with van der Waals surface area (Å²) in [5, 5.41) is 3.84. The minimum atomic E-state index is -2.87. The summed E-state index contributed by atoms with van der Waals surface area (Å²) < 4.78 is 29.6. The number of fused-ring (bicyclic) bond motifs is 1. The van der Waals surface area contributed by atoms with Crippen LogP contribution in [0, 0.1) is 0 Å². The molecule has 7 heteroatoms. The second-order valence-corrected chi connectivity index (χ2v) is 3.16. The van der Waals surface area contributed by atoms with Gasteiger partial charge in [-0.3, -0.25) is 0 Å². The Hall–Kier alpha value is -1.24. The standard InChI is InChI=1S/C7H4BrF2N3O/c8-6-4(14-7(9)10)3-13-5(12-6)1-2-11-13/h1-3,7H. The zero-order chi connectivity index (χ0) is 10.1. The number of ether oxygens (including phenoxy) is 1. The van der Waals surface area contributed by atoms with Gasteiger partial charge in [-0.25, -0.2) is 9.50 Å². The Morgan fingerprint density at radius 1 is 1.50 bits per heavy atom. The maximum atomic E-state index is 11.9. The average molecular weight is 264 g/mol. The van der Waals surface area contributed by atoms with Crippen molar-refractivity contribution in [2.45, 2.75) is 6.61 Å². The number of hydrogen-bond donors (Lipinski definition) is 0. The van der Waals surface area contributed by atoms with E-state index in [1.165, 1.54) is 16.9 Å². The summed E-state index contributed by atoms with van der Waals surface area (Å²) in [7, 11) is 0. The number of hydrogen-bond acceptors (Lipinski definition) is 3. The van der Waals surface area contributed by atoms with E-state index in [1.54, 1.807) is 6.07 Å². The maximum absolute atomic E-state index is 11.9. The molecule has 0 saturated carbocycles. The molecule has 0 radical (unpaired) electrons. The van der Waals surface area contributed by atoms with Gasteiger partial charge in [0.15, 0.2) is 16.0 Å². The van der Waals surface area contributed by atoms with Gasteiger partial charge < -0.3 is 4.74 Å². The fourth-order valence-electron chi connectivity index (χ4n) is 0.990. The zero-order valence-corrected chi connectivity index (χ0v) is 8.28. The second kappa shape index (κ2) is 3.49. The van der Waals surface area contributed by atoms with Crippen molar-refractivity contribution >= 4 is 21.6 Å². The van der Waals surface area contributed by atoms with Gasteiger partial charge in [-0.2, -0.15) is 13.9 Å². The molecule has 0 N–H and O–H groups in total. The Bertz CT molecular complexity index is 459. The predicted octanol–water partition coefficient (Wildman–Crippen LogP) is 2.09. The molecule has 0 aliphatic carbocycles. The molecule has 2 heterocycles. The molecular formula is C7H4BrF2N3O. The summed E-state index contributed by atoms with van der Waals surface area (Å²) in [4.78, 5) is 3.95. The molecule has 74 valence electrons. The number of rotatable bonds is 2. The molecule has 4 nitrogen and oxygen atoms in total. The van der Waals surface area contributed by atoms with Gasteiger partial charge in [0.25, 0.3) is 0 Å². The van der Waals surface area contributed by atoms with Crippen LogP contribution in [0.3, 0.4) is 0 Å². The van der Waals surface area contributed by atoms with E-state index >= 15 is 0 Å². The lowest BCUT2D eigenvalue weighted by atomic mass is 10.6. The van der Waals surface area contributed by atoms with Crippen molar-refractivity contribution < 1.29 is 13.5 Å². The van der Waals surface area contributed by atoms with Gasteiger partial charge >= 0.3 is 6.61 Å². The van der Waals surface area contributed by atoms with E-state index < -0.39 is 6.61 Å². The third-order valence-corrected chi connectivity index (χ3v) is 2.09. The summed E-state index contributed by atoms with van der Waals surface area (Å²) in [6.07, 6.45) is 2.85. The molecule has 0 atom stereocenters. The maximum Gasteiger partial charge on any atom is 0.387 e. The monoisotopic (exact) mass is 263 g/mol. The van der Waals surface area contributed by atoms with Crippen molar-refractivity contribution in [2.24, 2.45) is 0 Å². The highest BCUT2D eigenvalue weighted by molar-refractivity contribution is 9.10. The van der Waals surface area contributed by atoms with Crippen LogP contribution >= 0.6 is 15.9 Å². The van der Waals surface area contributed by atoms with Crippen LogP contribution in [0.4, 0.5) is 8.78 Å². The van der Waals surface area contributed by atoms with E-state index in [2.05, 4.69) is 30.7 Å². The molecule has 0 aliphatic rings. The van der Waals surface area contributed by atoms with Crippen LogP contribution < -0.4 is 4.74 Å². The first-order valence-electron chi connectivity index (χ1n) is 3.61. The molecule has 0 saturated heterocycles. The molecule has 2 aromatic rings. The van der Waals surface area contributed by atoms with Crippen molar-refractivity contribution in [3.05, 3.63) is 23.1 Å². The van der Waals surface area contributed by atoms with Gasteiger partial charge in [0.05, 0.1) is 12.4 Å². The fraction of sp³-hybridized carbons (Fsp3) is 0.143. The molecule has 0 unspecified atom stereocenters. The summed E-state index contributed by atoms with van der Waals surface area (Å²) >= 11 is 3.02. The van der Waals surface area contributed by atoms with E-state index in [-0.39, 0.29) is 10.4 Å². The summed E-state index contributed by atoms with van der Waals surface area (Å²) in [5.74, 6) is -0.0452. The highest BCUT2D eigenvalue weighted by Gasteiger charge is 2.10. The number of nitrogens with zero attached hydrogens (tertiary/aromatic N) is 3. The summed E-state index contributed by atoms with van der Waals surface area (Å²) in [6.45, 7) is -2.87. The Morgan fingerprint density at radius 2 is 2.29 bits per heavy atom. The van der Waals surface area contributed by atoms with Crippen LogP contribution in [0.25, 0.3) is 5.65 Å². The lowest BCUT2D eigenvalue weighted by Crippen LogP contribution is -2.04. The van der Waals surface area contributed by atoms with E-state index in [0.717, 1.165) is 0 Å². The SMILES string of the molecule is FC(F)Oc1cn2nccc2nc1Br. The van der Waals surface area contributed by atoms with Gasteiger partial charge in [-0.05, 0) is 15.9 Å². The molecule has 0 spiro atoms. The van der Waals surface area contributed by atoms with Crippen LogP contribution in [0.15, 0.2) is 23.1 Å². The molecule has 0 aliphatic heterocycles. The van der Waals surface area contributed by atoms with Crippen molar-refractivity contribution in [1.29, 1.82) is 0 Å². The smallest absolute Gasteiger partial charge is 0.387 e. The van der Waals surface area contributed by atoms with Crippen LogP contribution in [-0.4, -0.2) is 21.2 Å². The largest absolute Gasteiger partial charge is 0.430 e. The van der Waals surface area contributed by atoms with E-state index in [1.807, 2.05) is 0 Å². The van der Waals surface area contributed by atoms with Crippen LogP contribution in [0.5, 0.6) is 5.75 Å². The molecule has 0 amide bonds. The molecule has 2 aromatic heterocycles. The number of halogens is 3. The summed E-state index contributed by atoms with van der Waals surface area (Å²) in [5.41, 5.74) is 0.554. The van der Waals surface area contributed by atoms with E-state index in [0.29, 0.717) is 5.65 Å². The minimum Gasteiger partial charge on any atom is -0.430 e. The molecular weight excluding hydrogens is 260 g/mol. The van der Waals surface area contributed by atoms with Gasteiger partial charge in [-0.15, -0.1) is 0 Å². The van der Waals surface area contributed by atoms with Gasteiger partial charge in [-0.1, -0.05) is 0 Å². The van der Waals surface area contributed by atoms with Crippen LogP contribution in [0.1, 0.15) is 0 Å². The Morgan fingerprint density at radius 3 is 3.00 bits per heavy atom. The van der Waals surface area contributed by atoms with Gasteiger partial charge in [0.2, 0.25) is 0 Å². The highest BCUT2D eigenvalue weighted by Crippen LogP contribution is 2.24. The Balaban J connectivity index is 2.48. The number of aromatic nitrogens is 3. The normalized spacial score (nSPS) is 11.1. The van der Waals surface area contributed by atoms with Crippen molar-refractivity contribution in [3.63, 3.8) is 0 Å². The first-order valence-corrected chi connectivity index (χ1v) is 4.41. The van der Waals surface area contributed by atoms with E-state index in [9.17, 15) is 8.78 Å². The van der Waals surface area contributed by atoms with E-state index in [4.69, 9.17) is 0 Å². The van der Waals surface area contributed by atoms with Gasteiger partial charge in [0, 0.05) is 6.07 Å². The fourth-order valence-corrected chi connectivity index (χ4v) is 1.37. The topological polar surface area (TPSA) is 39.4 Å². The van der Waals surface area contributed by atoms with Crippen LogP contribution in [0.2, 0.25) is 0 Å². The molecule has 0 bridgehead atoms. The summed E-state index contributed by atoms with van der Waals surface area (Å²) in [6, 6.07) is 1.65. The Labute approximate surface area is 85.6 Å². The van der Waals surface area contributed by atoms with Crippen molar-refractivity contribution in [3.8, 4) is 5.75 Å². The van der Waals surface area contributed by atoms with Crippen LogP contribution in [-0.2, 0) is 0 Å². The average Bonchev–Trinajstić information content (AvgIpc) is 2.51. The first kappa shape index (κ1) is 9.32. The van der Waals surface area contributed by atoms with Crippen molar-refractivity contribution in [1.82, 2.24) is 14.6 Å². The lowest BCUT2D eigenvalue weighted by molar-refractivity contribution is -0.0509. The highest BCUT2D eigenvalue weighted by atomic mass is 79.9. The van der Waals surface area contributed by atoms with Gasteiger partial charge in [0.1, 0.15) is 0 Å². The quantitative estimate of drug-likeness (QED) is 0.779. The lowest BCUT2D eigenvalue weighted by Gasteiger charge is -2.05. The molecule has 14 heavy (non-hydrogen) atoms. The zero-order valence-electron chi connectivity index (χ0n) is 6.69. The predicted molar refractivity (Wildman–Crippen MR) is 47.3 cm³/mol. The molecule has 0 aromatic carbocycles.